The molecule has 0 amide bonds. The van der Waals surface area contributed by atoms with Gasteiger partial charge in [0.2, 0.25) is 10.0 Å². The van der Waals surface area contributed by atoms with Crippen molar-refractivity contribution in [3.63, 3.8) is 0 Å². The summed E-state index contributed by atoms with van der Waals surface area (Å²) in [6, 6.07) is 13.3. The van der Waals surface area contributed by atoms with E-state index in [1.165, 1.54) is 25.2 Å². The summed E-state index contributed by atoms with van der Waals surface area (Å²) < 4.78 is 28.8. The lowest BCUT2D eigenvalue weighted by atomic mass is 10.1. The monoisotopic (exact) mass is 373 g/mol. The first kappa shape index (κ1) is 18.1. The normalized spacial score (nSPS) is 13.0. The zero-order valence-corrected chi connectivity index (χ0v) is 15.2. The van der Waals surface area contributed by atoms with Crippen LogP contribution in [-0.4, -0.2) is 24.0 Å². The molecule has 0 spiro atoms. The minimum Gasteiger partial charge on any atom is -0.307 e. The van der Waals surface area contributed by atoms with Gasteiger partial charge in [-0.25, -0.2) is 17.9 Å². The van der Waals surface area contributed by atoms with E-state index in [0.29, 0.717) is 11.9 Å². The molecule has 0 radical (unpaired) electrons. The van der Waals surface area contributed by atoms with Crippen molar-refractivity contribution in [2.75, 3.05) is 0 Å². The number of hydrogen-bond donors (Lipinski definition) is 2. The van der Waals surface area contributed by atoms with Crippen molar-refractivity contribution in [2.45, 2.75) is 24.3 Å². The van der Waals surface area contributed by atoms with Gasteiger partial charge in [-0.05, 0) is 37.1 Å². The number of benzene rings is 2. The maximum Gasteiger partial charge on any atom is 0.328 e. The number of nitrogens with one attached hydrogen (secondary N) is 2. The van der Waals surface area contributed by atoms with E-state index in [9.17, 15) is 18.0 Å². The van der Waals surface area contributed by atoms with Gasteiger partial charge in [0.25, 0.3) is 5.56 Å². The van der Waals surface area contributed by atoms with E-state index < -0.39 is 21.3 Å². The Balaban J connectivity index is 1.92. The molecule has 0 aliphatic rings. The van der Waals surface area contributed by atoms with E-state index in [2.05, 4.69) is 9.71 Å². The van der Waals surface area contributed by atoms with Gasteiger partial charge in [0.1, 0.15) is 0 Å². The van der Waals surface area contributed by atoms with Gasteiger partial charge in [-0.3, -0.25) is 9.36 Å². The van der Waals surface area contributed by atoms with Crippen LogP contribution in [0.2, 0.25) is 0 Å². The highest BCUT2D eigenvalue weighted by molar-refractivity contribution is 7.89. The van der Waals surface area contributed by atoms with E-state index in [1.54, 1.807) is 6.92 Å². The van der Waals surface area contributed by atoms with Gasteiger partial charge in [-0.1, -0.05) is 30.3 Å². The average Bonchev–Trinajstić information content (AvgIpc) is 2.60. The number of fused-ring (bicyclic) bond motifs is 1. The number of aromatic amines is 1. The first-order chi connectivity index (χ1) is 12.3. The van der Waals surface area contributed by atoms with Gasteiger partial charge < -0.3 is 4.98 Å². The molecule has 1 atom stereocenters. The summed E-state index contributed by atoms with van der Waals surface area (Å²) in [6.07, 6.45) is 0.544. The first-order valence-electron chi connectivity index (χ1n) is 8.07. The molecule has 3 aromatic rings. The molecule has 2 N–H and O–H groups in total. The van der Waals surface area contributed by atoms with Gasteiger partial charge in [-0.15, -0.1) is 0 Å². The highest BCUT2D eigenvalue weighted by atomic mass is 32.2. The average molecular weight is 373 g/mol. The van der Waals surface area contributed by atoms with Crippen LogP contribution in [0, 0.1) is 0 Å². The van der Waals surface area contributed by atoms with Gasteiger partial charge in [0, 0.05) is 13.1 Å². The van der Waals surface area contributed by atoms with Crippen molar-refractivity contribution in [1.82, 2.24) is 14.3 Å². The Kier molecular flexibility index (Phi) is 4.80. The molecule has 136 valence electrons. The Labute approximate surface area is 150 Å². The molecule has 3 rings (SSSR count). The summed E-state index contributed by atoms with van der Waals surface area (Å²) in [6.45, 7) is 1.78. The Morgan fingerprint density at radius 3 is 2.50 bits per heavy atom. The lowest BCUT2D eigenvalue weighted by Crippen LogP contribution is -2.35. The lowest BCUT2D eigenvalue weighted by Gasteiger charge is -2.14. The third-order valence-corrected chi connectivity index (χ3v) is 5.71. The van der Waals surface area contributed by atoms with Crippen molar-refractivity contribution in [3.8, 4) is 0 Å². The van der Waals surface area contributed by atoms with E-state index in [1.807, 2.05) is 30.3 Å². The second kappa shape index (κ2) is 6.89. The quantitative estimate of drug-likeness (QED) is 0.700. The molecular formula is C18H19N3O4S. The summed E-state index contributed by atoms with van der Waals surface area (Å²) >= 11 is 0. The zero-order chi connectivity index (χ0) is 18.9. The second-order valence-corrected chi connectivity index (χ2v) is 7.93. The SMILES string of the molecule is C[C@H](Cc1ccccc1)NS(=O)(=O)c1ccc2[nH]c(=O)n(C)c(=O)c2c1. The molecule has 7 nitrogen and oxygen atoms in total. The van der Waals surface area contributed by atoms with E-state index in [4.69, 9.17) is 0 Å². The van der Waals surface area contributed by atoms with Crippen LogP contribution in [0.15, 0.2) is 63.0 Å². The number of nitrogens with zero attached hydrogens (tertiary/aromatic N) is 1. The number of H-pyrrole nitrogens is 1. The summed E-state index contributed by atoms with van der Waals surface area (Å²) in [5, 5.41) is 0.144. The zero-order valence-electron chi connectivity index (χ0n) is 14.4. The van der Waals surface area contributed by atoms with Crippen molar-refractivity contribution in [2.24, 2.45) is 7.05 Å². The minimum absolute atomic E-state index is 0.0194. The van der Waals surface area contributed by atoms with Crippen LogP contribution in [0.1, 0.15) is 12.5 Å². The van der Waals surface area contributed by atoms with E-state index >= 15 is 0 Å². The van der Waals surface area contributed by atoms with Crippen molar-refractivity contribution >= 4 is 20.9 Å². The third kappa shape index (κ3) is 3.61. The molecule has 0 saturated heterocycles. The van der Waals surface area contributed by atoms with Crippen LogP contribution in [0.4, 0.5) is 0 Å². The molecule has 0 aliphatic carbocycles. The third-order valence-electron chi connectivity index (χ3n) is 4.12. The molecular weight excluding hydrogens is 354 g/mol. The highest BCUT2D eigenvalue weighted by Crippen LogP contribution is 2.15. The first-order valence-corrected chi connectivity index (χ1v) is 9.55. The molecule has 26 heavy (non-hydrogen) atoms. The molecule has 8 heteroatoms. The molecule has 0 aliphatic heterocycles. The molecule has 0 bridgehead atoms. The van der Waals surface area contributed by atoms with Gasteiger partial charge >= 0.3 is 5.69 Å². The molecule has 0 unspecified atom stereocenters. The van der Waals surface area contributed by atoms with Crippen LogP contribution in [-0.2, 0) is 23.5 Å². The van der Waals surface area contributed by atoms with E-state index in [0.717, 1.165) is 10.1 Å². The number of rotatable bonds is 5. The van der Waals surface area contributed by atoms with E-state index in [-0.39, 0.29) is 16.3 Å². The fourth-order valence-electron chi connectivity index (χ4n) is 2.79. The summed E-state index contributed by atoms with van der Waals surface area (Å²) in [5.41, 5.74) is 0.230. The predicted molar refractivity (Wildman–Crippen MR) is 99.7 cm³/mol. The maximum absolute atomic E-state index is 12.6. The topological polar surface area (TPSA) is 101 Å². The Hall–Kier alpha value is -2.71. The second-order valence-electron chi connectivity index (χ2n) is 6.21. The minimum atomic E-state index is -3.80. The molecule has 1 aromatic heterocycles. The molecule has 0 saturated carbocycles. The lowest BCUT2D eigenvalue weighted by molar-refractivity contribution is 0.560. The van der Waals surface area contributed by atoms with Crippen LogP contribution >= 0.6 is 0 Å². The molecule has 0 fully saturated rings. The largest absolute Gasteiger partial charge is 0.328 e. The molecule has 2 aromatic carbocycles. The smallest absolute Gasteiger partial charge is 0.307 e. The fourth-order valence-corrected chi connectivity index (χ4v) is 4.06. The van der Waals surface area contributed by atoms with Gasteiger partial charge in [-0.2, -0.15) is 0 Å². The summed E-state index contributed by atoms with van der Waals surface area (Å²) in [7, 11) is -2.47. The maximum atomic E-state index is 12.6. The van der Waals surface area contributed by atoms with Gasteiger partial charge in [0.05, 0.1) is 15.8 Å². The molecule has 1 heterocycles. The van der Waals surface area contributed by atoms with Crippen LogP contribution in [0.3, 0.4) is 0 Å². The Morgan fingerprint density at radius 2 is 1.81 bits per heavy atom. The fraction of sp³-hybridized carbons (Fsp3) is 0.222. The Morgan fingerprint density at radius 1 is 1.12 bits per heavy atom. The van der Waals surface area contributed by atoms with Crippen LogP contribution in [0.25, 0.3) is 10.9 Å². The Bertz CT molecular complexity index is 1160. The van der Waals surface area contributed by atoms with Crippen molar-refractivity contribution in [3.05, 3.63) is 74.9 Å². The van der Waals surface area contributed by atoms with Crippen molar-refractivity contribution in [1.29, 1.82) is 0 Å². The number of sulfonamides is 1. The number of aromatic nitrogens is 2. The van der Waals surface area contributed by atoms with Crippen molar-refractivity contribution < 1.29 is 8.42 Å². The van der Waals surface area contributed by atoms with Crippen LogP contribution in [0.5, 0.6) is 0 Å². The van der Waals surface area contributed by atoms with Gasteiger partial charge in [0.15, 0.2) is 0 Å². The highest BCUT2D eigenvalue weighted by Gasteiger charge is 2.19. The summed E-state index contributed by atoms with van der Waals surface area (Å²) in [5.74, 6) is 0. The predicted octanol–water partition coefficient (Wildman–Crippen LogP) is 1.14. The number of hydrogen-bond acceptors (Lipinski definition) is 4. The standard InChI is InChI=1S/C18H19N3O4S/c1-12(10-13-6-4-3-5-7-13)20-26(24,25)14-8-9-16-15(11-14)17(22)21(2)18(23)19-16/h3-9,11-12,20H,10H2,1-2H3,(H,19,23)/t12-/m1/s1. The summed E-state index contributed by atoms with van der Waals surface area (Å²) in [4.78, 5) is 26.4. The van der Waals surface area contributed by atoms with Crippen LogP contribution < -0.4 is 16.0 Å².